The number of nitrogens with one attached hydrogen (secondary N) is 1. The third-order valence-corrected chi connectivity index (χ3v) is 5.85. The quantitative estimate of drug-likeness (QED) is 0.842. The molecule has 1 aromatic carbocycles. The van der Waals surface area contributed by atoms with Gasteiger partial charge in [-0.3, -0.25) is 9.59 Å². The van der Waals surface area contributed by atoms with Crippen molar-refractivity contribution < 1.29 is 14.3 Å². The van der Waals surface area contributed by atoms with Gasteiger partial charge in [0.2, 0.25) is 5.91 Å². The van der Waals surface area contributed by atoms with Crippen molar-refractivity contribution in [1.82, 2.24) is 4.90 Å². The standard InChI is InChI=1S/C19H24N2O3S/c1-2-17(22)20-16-5-3-4-15(14-16)18(23)21-9-6-19(24-11-10-21)7-12-25-13-8-19/h2-5,14H,1,6-13H2,(H,20,22). The van der Waals surface area contributed by atoms with Gasteiger partial charge < -0.3 is 15.0 Å². The Kier molecular flexibility index (Phi) is 5.81. The predicted molar refractivity (Wildman–Crippen MR) is 101 cm³/mol. The molecule has 0 bridgehead atoms. The largest absolute Gasteiger partial charge is 0.373 e. The maximum atomic E-state index is 12.9. The number of anilines is 1. The molecule has 134 valence electrons. The molecule has 1 N–H and O–H groups in total. The smallest absolute Gasteiger partial charge is 0.254 e. The van der Waals surface area contributed by atoms with E-state index >= 15 is 0 Å². The lowest BCUT2D eigenvalue weighted by Gasteiger charge is -2.35. The molecule has 25 heavy (non-hydrogen) atoms. The van der Waals surface area contributed by atoms with Gasteiger partial charge >= 0.3 is 0 Å². The molecule has 1 aromatic rings. The van der Waals surface area contributed by atoms with Crippen LogP contribution in [0.15, 0.2) is 36.9 Å². The van der Waals surface area contributed by atoms with Crippen LogP contribution in [0.4, 0.5) is 5.69 Å². The minimum absolute atomic E-state index is 0.0134. The van der Waals surface area contributed by atoms with Gasteiger partial charge in [-0.1, -0.05) is 12.6 Å². The van der Waals surface area contributed by atoms with E-state index in [-0.39, 0.29) is 17.4 Å². The van der Waals surface area contributed by atoms with E-state index in [1.54, 1.807) is 24.3 Å². The SMILES string of the molecule is C=CC(=O)Nc1cccc(C(=O)N2CCOC3(CCSCC3)CC2)c1. The molecule has 2 aliphatic rings. The predicted octanol–water partition coefficient (Wildman–Crippen LogP) is 2.94. The number of carbonyl (C=O) groups is 2. The Morgan fingerprint density at radius 1 is 1.24 bits per heavy atom. The molecule has 2 heterocycles. The van der Waals surface area contributed by atoms with Crippen molar-refractivity contribution in [1.29, 1.82) is 0 Å². The summed E-state index contributed by atoms with van der Waals surface area (Å²) in [6.07, 6.45) is 4.25. The molecular formula is C19H24N2O3S. The zero-order valence-corrected chi connectivity index (χ0v) is 15.1. The lowest BCUT2D eigenvalue weighted by molar-refractivity contribution is -0.111. The van der Waals surface area contributed by atoms with Crippen LogP contribution in [0, 0.1) is 0 Å². The van der Waals surface area contributed by atoms with Crippen LogP contribution in [-0.4, -0.2) is 53.5 Å². The second kappa shape index (κ2) is 8.06. The van der Waals surface area contributed by atoms with Gasteiger partial charge in [0.1, 0.15) is 0 Å². The van der Waals surface area contributed by atoms with Gasteiger partial charge in [-0.15, -0.1) is 0 Å². The van der Waals surface area contributed by atoms with Crippen LogP contribution in [0.1, 0.15) is 29.6 Å². The highest BCUT2D eigenvalue weighted by molar-refractivity contribution is 7.99. The van der Waals surface area contributed by atoms with E-state index in [0.717, 1.165) is 30.8 Å². The van der Waals surface area contributed by atoms with E-state index in [9.17, 15) is 9.59 Å². The molecule has 1 spiro atoms. The summed E-state index contributed by atoms with van der Waals surface area (Å²) in [6.45, 7) is 5.35. The summed E-state index contributed by atoms with van der Waals surface area (Å²) in [4.78, 5) is 26.2. The average Bonchev–Trinajstić information content (AvgIpc) is 2.84. The third-order valence-electron chi connectivity index (χ3n) is 4.86. The lowest BCUT2D eigenvalue weighted by atomic mass is 9.92. The Hall–Kier alpha value is -1.79. The fourth-order valence-electron chi connectivity index (χ4n) is 3.34. The highest BCUT2D eigenvalue weighted by atomic mass is 32.2. The molecule has 0 atom stereocenters. The summed E-state index contributed by atoms with van der Waals surface area (Å²) < 4.78 is 6.16. The van der Waals surface area contributed by atoms with Gasteiger partial charge in [0, 0.05) is 24.3 Å². The van der Waals surface area contributed by atoms with Crippen molar-refractivity contribution in [2.45, 2.75) is 24.9 Å². The number of carbonyl (C=O) groups excluding carboxylic acids is 2. The molecule has 2 fully saturated rings. The molecule has 5 nitrogen and oxygen atoms in total. The number of ether oxygens (including phenoxy) is 1. The maximum absolute atomic E-state index is 12.9. The second-order valence-electron chi connectivity index (χ2n) is 6.46. The first-order valence-electron chi connectivity index (χ1n) is 8.66. The van der Waals surface area contributed by atoms with Gasteiger partial charge in [0.05, 0.1) is 12.2 Å². The van der Waals surface area contributed by atoms with Gasteiger partial charge in [-0.2, -0.15) is 11.8 Å². The Balaban J connectivity index is 1.67. The maximum Gasteiger partial charge on any atom is 0.254 e. The summed E-state index contributed by atoms with van der Waals surface area (Å²) in [6, 6.07) is 7.03. The molecule has 6 heteroatoms. The molecular weight excluding hydrogens is 336 g/mol. The average molecular weight is 360 g/mol. The Bertz CT molecular complexity index is 656. The summed E-state index contributed by atoms with van der Waals surface area (Å²) in [5.41, 5.74) is 1.14. The molecule has 2 amide bonds. The van der Waals surface area contributed by atoms with Crippen LogP contribution in [0.3, 0.4) is 0 Å². The number of rotatable bonds is 3. The molecule has 0 aromatic heterocycles. The van der Waals surface area contributed by atoms with Crippen molar-refractivity contribution >= 4 is 29.3 Å². The van der Waals surface area contributed by atoms with Crippen molar-refractivity contribution in [3.63, 3.8) is 0 Å². The van der Waals surface area contributed by atoms with Crippen LogP contribution in [0.5, 0.6) is 0 Å². The first-order chi connectivity index (χ1) is 12.1. The number of hydrogen-bond acceptors (Lipinski definition) is 4. The molecule has 2 saturated heterocycles. The minimum atomic E-state index is -0.287. The van der Waals surface area contributed by atoms with E-state index in [0.29, 0.717) is 30.9 Å². The van der Waals surface area contributed by atoms with E-state index < -0.39 is 0 Å². The van der Waals surface area contributed by atoms with E-state index in [1.165, 1.54) is 6.08 Å². The molecule has 2 aliphatic heterocycles. The Morgan fingerprint density at radius 2 is 2.04 bits per heavy atom. The molecule has 3 rings (SSSR count). The zero-order chi connectivity index (χ0) is 17.7. The fraction of sp³-hybridized carbons (Fsp3) is 0.474. The number of hydrogen-bond donors (Lipinski definition) is 1. The minimum Gasteiger partial charge on any atom is -0.373 e. The van der Waals surface area contributed by atoms with Crippen molar-refractivity contribution in [2.24, 2.45) is 0 Å². The monoisotopic (exact) mass is 360 g/mol. The van der Waals surface area contributed by atoms with Crippen LogP contribution in [0.2, 0.25) is 0 Å². The number of amides is 2. The van der Waals surface area contributed by atoms with Gasteiger partial charge in [-0.05, 0) is 55.0 Å². The number of benzene rings is 1. The van der Waals surface area contributed by atoms with E-state index in [4.69, 9.17) is 4.74 Å². The van der Waals surface area contributed by atoms with Crippen molar-refractivity contribution in [3.8, 4) is 0 Å². The normalized spacial score (nSPS) is 19.9. The molecule has 0 unspecified atom stereocenters. The van der Waals surface area contributed by atoms with Crippen LogP contribution >= 0.6 is 11.8 Å². The molecule has 0 saturated carbocycles. The van der Waals surface area contributed by atoms with Crippen molar-refractivity contribution in [3.05, 3.63) is 42.5 Å². The Labute approximate surface area is 152 Å². The summed E-state index contributed by atoms with van der Waals surface area (Å²) in [5.74, 6) is 1.98. The highest BCUT2D eigenvalue weighted by Crippen LogP contribution is 2.35. The third kappa shape index (κ3) is 4.44. The van der Waals surface area contributed by atoms with Crippen LogP contribution in [-0.2, 0) is 9.53 Å². The molecule has 0 radical (unpaired) electrons. The van der Waals surface area contributed by atoms with Gasteiger partial charge in [-0.25, -0.2) is 0 Å². The van der Waals surface area contributed by atoms with E-state index in [1.807, 2.05) is 16.7 Å². The highest BCUT2D eigenvalue weighted by Gasteiger charge is 2.36. The summed E-state index contributed by atoms with van der Waals surface area (Å²) in [5, 5.41) is 2.69. The Morgan fingerprint density at radius 3 is 2.80 bits per heavy atom. The second-order valence-corrected chi connectivity index (χ2v) is 7.68. The summed E-state index contributed by atoms with van der Waals surface area (Å²) in [7, 11) is 0. The zero-order valence-electron chi connectivity index (χ0n) is 14.3. The van der Waals surface area contributed by atoms with Crippen LogP contribution < -0.4 is 5.32 Å². The summed E-state index contributed by atoms with van der Waals surface area (Å²) >= 11 is 1.98. The fourth-order valence-corrected chi connectivity index (χ4v) is 4.58. The number of thioether (sulfide) groups is 1. The first-order valence-corrected chi connectivity index (χ1v) is 9.82. The van der Waals surface area contributed by atoms with E-state index in [2.05, 4.69) is 11.9 Å². The van der Waals surface area contributed by atoms with Crippen LogP contribution in [0.25, 0.3) is 0 Å². The number of nitrogens with zero attached hydrogens (tertiary/aromatic N) is 1. The van der Waals surface area contributed by atoms with Crippen molar-refractivity contribution in [2.75, 3.05) is 36.5 Å². The topological polar surface area (TPSA) is 58.6 Å². The lowest BCUT2D eigenvalue weighted by Crippen LogP contribution is -2.38. The van der Waals surface area contributed by atoms with Gasteiger partial charge in [0.15, 0.2) is 0 Å². The first kappa shape index (κ1) is 18.0. The molecule has 0 aliphatic carbocycles. The van der Waals surface area contributed by atoms with Gasteiger partial charge in [0.25, 0.3) is 5.91 Å².